The lowest BCUT2D eigenvalue weighted by Crippen LogP contribution is -2.41. The van der Waals surface area contributed by atoms with Gasteiger partial charge in [-0.3, -0.25) is 4.99 Å². The number of rotatable bonds is 5. The van der Waals surface area contributed by atoms with E-state index >= 15 is 0 Å². The minimum Gasteiger partial charge on any atom is -0.356 e. The Kier molecular flexibility index (Phi) is 5.68. The Balaban J connectivity index is 1.81. The number of guanidine groups is 1. The highest BCUT2D eigenvalue weighted by molar-refractivity contribution is 7.91. The molecular formula is C17H27N3O2S. The van der Waals surface area contributed by atoms with Gasteiger partial charge >= 0.3 is 0 Å². The molecule has 1 aliphatic heterocycles. The molecule has 0 aromatic heterocycles. The number of likely N-dealkylation sites (tertiary alicyclic amines) is 1. The number of benzene rings is 1. The molecule has 23 heavy (non-hydrogen) atoms. The molecule has 1 aliphatic rings. The third kappa shape index (κ3) is 4.96. The van der Waals surface area contributed by atoms with Crippen molar-refractivity contribution in [2.24, 2.45) is 10.4 Å². The lowest BCUT2D eigenvalue weighted by Gasteiger charge is -2.23. The maximum Gasteiger partial charge on any atom is 0.193 e. The average Bonchev–Trinajstić information content (AvgIpc) is 2.88. The molecule has 0 unspecified atom stereocenters. The van der Waals surface area contributed by atoms with Crippen LogP contribution in [0.15, 0.2) is 40.2 Å². The summed E-state index contributed by atoms with van der Waals surface area (Å²) in [6.45, 7) is 7.10. The first-order valence-corrected chi connectivity index (χ1v) is 9.73. The molecular weight excluding hydrogens is 310 g/mol. The van der Waals surface area contributed by atoms with Crippen LogP contribution in [0.5, 0.6) is 0 Å². The monoisotopic (exact) mass is 337 g/mol. The predicted octanol–water partition coefficient (Wildman–Crippen LogP) is 2.16. The Labute approximate surface area is 139 Å². The minimum atomic E-state index is -3.20. The highest BCUT2D eigenvalue weighted by Gasteiger charge is 2.30. The van der Waals surface area contributed by atoms with Gasteiger partial charge in [0, 0.05) is 26.7 Å². The van der Waals surface area contributed by atoms with Crippen LogP contribution in [0.4, 0.5) is 0 Å². The van der Waals surface area contributed by atoms with E-state index in [1.807, 2.05) is 6.07 Å². The van der Waals surface area contributed by atoms with Crippen LogP contribution < -0.4 is 5.32 Å². The van der Waals surface area contributed by atoms with Crippen molar-refractivity contribution in [3.05, 3.63) is 30.3 Å². The summed E-state index contributed by atoms with van der Waals surface area (Å²) in [5, 5.41) is 3.28. The van der Waals surface area contributed by atoms with Crippen molar-refractivity contribution >= 4 is 15.8 Å². The van der Waals surface area contributed by atoms with Crippen LogP contribution in [0.25, 0.3) is 0 Å². The summed E-state index contributed by atoms with van der Waals surface area (Å²) in [5.74, 6) is 1.01. The fraction of sp³-hybridized carbons (Fsp3) is 0.588. The van der Waals surface area contributed by atoms with Crippen LogP contribution in [0.1, 0.15) is 26.7 Å². The van der Waals surface area contributed by atoms with Crippen molar-refractivity contribution in [3.63, 3.8) is 0 Å². The van der Waals surface area contributed by atoms with Gasteiger partial charge in [0.2, 0.25) is 0 Å². The largest absolute Gasteiger partial charge is 0.356 e. The number of nitrogens with zero attached hydrogens (tertiary/aromatic N) is 2. The Morgan fingerprint density at radius 3 is 2.57 bits per heavy atom. The summed E-state index contributed by atoms with van der Waals surface area (Å²) < 4.78 is 24.4. The van der Waals surface area contributed by atoms with Crippen LogP contribution >= 0.6 is 0 Å². The molecule has 0 amide bonds. The molecule has 0 bridgehead atoms. The lowest BCUT2D eigenvalue weighted by molar-refractivity contribution is 0.370. The molecule has 0 saturated carbocycles. The second-order valence-electron chi connectivity index (χ2n) is 6.80. The van der Waals surface area contributed by atoms with E-state index in [4.69, 9.17) is 0 Å². The predicted molar refractivity (Wildman–Crippen MR) is 94.4 cm³/mol. The first kappa shape index (κ1) is 17.8. The molecule has 6 heteroatoms. The minimum absolute atomic E-state index is 0.145. The number of hydrogen-bond acceptors (Lipinski definition) is 3. The number of sulfone groups is 1. The lowest BCUT2D eigenvalue weighted by atomic mass is 9.93. The summed E-state index contributed by atoms with van der Waals surface area (Å²) >= 11 is 0. The zero-order valence-electron chi connectivity index (χ0n) is 14.2. The van der Waals surface area contributed by atoms with Crippen LogP contribution in [0, 0.1) is 5.41 Å². The number of aliphatic imine (C=N–C) groups is 1. The zero-order chi connectivity index (χ0) is 16.9. The van der Waals surface area contributed by atoms with Gasteiger partial charge in [-0.2, -0.15) is 0 Å². The fourth-order valence-corrected chi connectivity index (χ4v) is 4.17. The molecule has 1 N–H and O–H groups in total. The van der Waals surface area contributed by atoms with Crippen LogP contribution in [-0.4, -0.2) is 51.7 Å². The summed E-state index contributed by atoms with van der Waals surface area (Å²) in [6.07, 6.45) is 1.71. The Bertz CT molecular complexity index is 639. The van der Waals surface area contributed by atoms with Crippen LogP contribution in [0.3, 0.4) is 0 Å². The van der Waals surface area contributed by atoms with E-state index in [1.54, 1.807) is 31.3 Å². The van der Waals surface area contributed by atoms with Gasteiger partial charge in [0.15, 0.2) is 15.8 Å². The molecule has 1 heterocycles. The van der Waals surface area contributed by atoms with Crippen molar-refractivity contribution in [2.75, 3.05) is 32.4 Å². The summed E-state index contributed by atoms with van der Waals surface area (Å²) in [7, 11) is -1.42. The maximum absolute atomic E-state index is 12.2. The quantitative estimate of drug-likeness (QED) is 0.508. The SMILES string of the molecule is CN=C(NCCCS(=O)(=O)c1ccccc1)N1CCC(C)(C)C1. The normalized spacial score (nSPS) is 18.2. The van der Waals surface area contributed by atoms with E-state index < -0.39 is 9.84 Å². The van der Waals surface area contributed by atoms with Crippen molar-refractivity contribution in [2.45, 2.75) is 31.6 Å². The van der Waals surface area contributed by atoms with E-state index in [1.165, 1.54) is 0 Å². The van der Waals surface area contributed by atoms with E-state index in [9.17, 15) is 8.42 Å². The first-order valence-electron chi connectivity index (χ1n) is 8.07. The van der Waals surface area contributed by atoms with Gasteiger partial charge in [0.1, 0.15) is 0 Å². The van der Waals surface area contributed by atoms with Crippen molar-refractivity contribution < 1.29 is 8.42 Å². The maximum atomic E-state index is 12.2. The van der Waals surface area contributed by atoms with Gasteiger partial charge in [-0.1, -0.05) is 32.0 Å². The van der Waals surface area contributed by atoms with Gasteiger partial charge in [-0.05, 0) is 30.4 Å². The summed E-state index contributed by atoms with van der Waals surface area (Å²) in [5.41, 5.74) is 0.314. The molecule has 0 aliphatic carbocycles. The first-order chi connectivity index (χ1) is 10.8. The third-order valence-electron chi connectivity index (χ3n) is 4.16. The molecule has 5 nitrogen and oxygen atoms in total. The van der Waals surface area contributed by atoms with Gasteiger partial charge in [-0.25, -0.2) is 8.42 Å². The highest BCUT2D eigenvalue weighted by Crippen LogP contribution is 2.28. The molecule has 0 atom stereocenters. The van der Waals surface area contributed by atoms with Gasteiger partial charge in [0.25, 0.3) is 0 Å². The van der Waals surface area contributed by atoms with E-state index in [0.717, 1.165) is 25.5 Å². The summed E-state index contributed by atoms with van der Waals surface area (Å²) in [6, 6.07) is 8.62. The second-order valence-corrected chi connectivity index (χ2v) is 8.90. The smallest absolute Gasteiger partial charge is 0.193 e. The topological polar surface area (TPSA) is 61.8 Å². The van der Waals surface area contributed by atoms with Gasteiger partial charge < -0.3 is 10.2 Å². The fourth-order valence-electron chi connectivity index (χ4n) is 2.83. The van der Waals surface area contributed by atoms with Crippen molar-refractivity contribution in [1.82, 2.24) is 10.2 Å². The molecule has 2 rings (SSSR count). The van der Waals surface area contributed by atoms with Crippen molar-refractivity contribution in [3.8, 4) is 0 Å². The second kappa shape index (κ2) is 7.34. The van der Waals surface area contributed by atoms with E-state index in [0.29, 0.717) is 23.3 Å². The van der Waals surface area contributed by atoms with Crippen molar-refractivity contribution in [1.29, 1.82) is 0 Å². The van der Waals surface area contributed by atoms with Gasteiger partial charge in [0.05, 0.1) is 10.6 Å². The molecule has 128 valence electrons. The third-order valence-corrected chi connectivity index (χ3v) is 5.98. The summed E-state index contributed by atoms with van der Waals surface area (Å²) in [4.78, 5) is 6.95. The highest BCUT2D eigenvalue weighted by atomic mass is 32.2. The van der Waals surface area contributed by atoms with E-state index in [-0.39, 0.29) is 5.75 Å². The zero-order valence-corrected chi connectivity index (χ0v) is 15.1. The van der Waals surface area contributed by atoms with E-state index in [2.05, 4.69) is 29.1 Å². The van der Waals surface area contributed by atoms with Crippen LogP contribution in [0.2, 0.25) is 0 Å². The van der Waals surface area contributed by atoms with Gasteiger partial charge in [-0.15, -0.1) is 0 Å². The average molecular weight is 337 g/mol. The molecule has 1 aromatic carbocycles. The number of nitrogens with one attached hydrogen (secondary N) is 1. The number of hydrogen-bond donors (Lipinski definition) is 1. The molecule has 0 spiro atoms. The van der Waals surface area contributed by atoms with Crippen LogP contribution in [-0.2, 0) is 9.84 Å². The standard InChI is InChI=1S/C17H27N3O2S/c1-17(2)10-12-20(14-17)16(18-3)19-11-7-13-23(21,22)15-8-5-4-6-9-15/h4-6,8-9H,7,10-14H2,1-3H3,(H,18,19). The Morgan fingerprint density at radius 1 is 1.30 bits per heavy atom. The molecule has 1 aromatic rings. The molecule has 1 fully saturated rings. The molecule has 1 saturated heterocycles. The molecule has 0 radical (unpaired) electrons. The Hall–Kier alpha value is -1.56. The Morgan fingerprint density at radius 2 is 2.00 bits per heavy atom.